The van der Waals surface area contributed by atoms with Crippen LogP contribution in [0.4, 0.5) is 8.78 Å². The average molecular weight is 323 g/mol. The van der Waals surface area contributed by atoms with Crippen molar-refractivity contribution in [2.75, 3.05) is 0 Å². The van der Waals surface area contributed by atoms with Gasteiger partial charge in [-0.1, -0.05) is 17.7 Å². The van der Waals surface area contributed by atoms with Gasteiger partial charge in [-0.2, -0.15) is 0 Å². The summed E-state index contributed by atoms with van der Waals surface area (Å²) < 4.78 is 26.8. The maximum Gasteiger partial charge on any atom is 0.254 e. The molecule has 1 fully saturated rings. The molecule has 1 heterocycles. The van der Waals surface area contributed by atoms with E-state index in [9.17, 15) is 13.6 Å². The molecule has 1 aliphatic carbocycles. The van der Waals surface area contributed by atoms with E-state index in [1.807, 2.05) is 0 Å². The maximum absolute atomic E-state index is 13.8. The predicted octanol–water partition coefficient (Wildman–Crippen LogP) is 3.82. The molecule has 6 heteroatoms. The lowest BCUT2D eigenvalue weighted by Crippen LogP contribution is -2.33. The molecule has 1 aliphatic rings. The SMILES string of the molecule is O=C(c1ccnc(Cl)c1)N(Cc1ccc(F)cc1F)C1CC1. The van der Waals surface area contributed by atoms with E-state index in [2.05, 4.69) is 4.98 Å². The average Bonchev–Trinajstić information content (AvgIpc) is 3.30. The van der Waals surface area contributed by atoms with Gasteiger partial charge in [-0.05, 0) is 31.0 Å². The van der Waals surface area contributed by atoms with Crippen molar-refractivity contribution >= 4 is 17.5 Å². The van der Waals surface area contributed by atoms with E-state index in [4.69, 9.17) is 11.6 Å². The van der Waals surface area contributed by atoms with Gasteiger partial charge in [-0.3, -0.25) is 4.79 Å². The second-order valence-corrected chi connectivity index (χ2v) is 5.65. The number of aromatic nitrogens is 1. The number of rotatable bonds is 4. The molecule has 0 unspecified atom stereocenters. The van der Waals surface area contributed by atoms with E-state index in [1.165, 1.54) is 24.4 Å². The summed E-state index contributed by atoms with van der Waals surface area (Å²) in [5.74, 6) is -1.51. The molecule has 3 rings (SSSR count). The van der Waals surface area contributed by atoms with Gasteiger partial charge >= 0.3 is 0 Å². The van der Waals surface area contributed by atoms with Crippen LogP contribution in [0.15, 0.2) is 36.5 Å². The number of benzene rings is 1. The molecular formula is C16H13ClF2N2O. The zero-order valence-corrected chi connectivity index (χ0v) is 12.4. The van der Waals surface area contributed by atoms with Crippen molar-refractivity contribution in [1.82, 2.24) is 9.88 Å². The predicted molar refractivity (Wildman–Crippen MR) is 78.5 cm³/mol. The third kappa shape index (κ3) is 3.25. The first-order chi connectivity index (χ1) is 10.5. The van der Waals surface area contributed by atoms with E-state index in [1.54, 1.807) is 11.0 Å². The lowest BCUT2D eigenvalue weighted by molar-refractivity contribution is 0.0728. The van der Waals surface area contributed by atoms with Crippen molar-refractivity contribution in [1.29, 1.82) is 0 Å². The molecule has 0 N–H and O–H groups in total. The van der Waals surface area contributed by atoms with Gasteiger partial charge in [0.2, 0.25) is 0 Å². The summed E-state index contributed by atoms with van der Waals surface area (Å²) in [5.41, 5.74) is 0.705. The molecule has 0 atom stereocenters. The number of nitrogens with zero attached hydrogens (tertiary/aromatic N) is 2. The summed E-state index contributed by atoms with van der Waals surface area (Å²) >= 11 is 5.81. The van der Waals surface area contributed by atoms with Crippen LogP contribution in [0.5, 0.6) is 0 Å². The number of pyridine rings is 1. The van der Waals surface area contributed by atoms with Crippen LogP contribution < -0.4 is 0 Å². The Morgan fingerprint density at radius 1 is 1.27 bits per heavy atom. The van der Waals surface area contributed by atoms with Crippen LogP contribution in [0.2, 0.25) is 5.15 Å². The van der Waals surface area contributed by atoms with Crippen molar-refractivity contribution in [3.8, 4) is 0 Å². The first kappa shape index (κ1) is 14.9. The Hall–Kier alpha value is -2.01. The fourth-order valence-electron chi connectivity index (χ4n) is 2.29. The first-order valence-corrected chi connectivity index (χ1v) is 7.29. The largest absolute Gasteiger partial charge is 0.331 e. The van der Waals surface area contributed by atoms with Crippen LogP contribution in [0.1, 0.15) is 28.8 Å². The number of carbonyl (C=O) groups is 1. The standard InChI is InChI=1S/C16H13ClF2N2O/c17-15-7-10(5-6-20-15)16(22)21(13-3-4-13)9-11-1-2-12(18)8-14(11)19/h1-2,5-8,13H,3-4,9H2. The first-order valence-electron chi connectivity index (χ1n) is 6.91. The molecule has 1 aromatic carbocycles. The van der Waals surface area contributed by atoms with Crippen molar-refractivity contribution in [2.24, 2.45) is 0 Å². The molecule has 0 saturated heterocycles. The number of carbonyl (C=O) groups excluding carboxylic acids is 1. The van der Waals surface area contributed by atoms with Crippen LogP contribution in [0.3, 0.4) is 0 Å². The second-order valence-electron chi connectivity index (χ2n) is 5.27. The topological polar surface area (TPSA) is 33.2 Å². The smallest absolute Gasteiger partial charge is 0.254 e. The van der Waals surface area contributed by atoms with Crippen LogP contribution >= 0.6 is 11.6 Å². The van der Waals surface area contributed by atoms with Gasteiger partial charge in [0.05, 0.1) is 0 Å². The van der Waals surface area contributed by atoms with Gasteiger partial charge in [0.25, 0.3) is 5.91 Å². The highest BCUT2D eigenvalue weighted by atomic mass is 35.5. The minimum atomic E-state index is -0.647. The summed E-state index contributed by atoms with van der Waals surface area (Å²) in [7, 11) is 0. The van der Waals surface area contributed by atoms with E-state index in [-0.39, 0.29) is 23.6 Å². The molecule has 0 aliphatic heterocycles. The summed E-state index contributed by atoms with van der Waals surface area (Å²) in [6, 6.07) is 6.53. The van der Waals surface area contributed by atoms with Crippen molar-refractivity contribution in [2.45, 2.75) is 25.4 Å². The normalized spacial score (nSPS) is 14.0. The molecular weight excluding hydrogens is 310 g/mol. The third-order valence-electron chi connectivity index (χ3n) is 3.58. The molecule has 22 heavy (non-hydrogen) atoms. The summed E-state index contributed by atoms with van der Waals surface area (Å²) in [6.45, 7) is 0.107. The zero-order chi connectivity index (χ0) is 15.7. The maximum atomic E-state index is 13.8. The Labute approximate surface area is 131 Å². The van der Waals surface area contributed by atoms with Gasteiger partial charge in [0, 0.05) is 36.0 Å². The summed E-state index contributed by atoms with van der Waals surface area (Å²) in [6.07, 6.45) is 3.22. The summed E-state index contributed by atoms with van der Waals surface area (Å²) in [5, 5.41) is 0.231. The monoisotopic (exact) mass is 322 g/mol. The van der Waals surface area contributed by atoms with E-state index in [0.29, 0.717) is 11.1 Å². The highest BCUT2D eigenvalue weighted by Gasteiger charge is 2.33. The summed E-state index contributed by atoms with van der Waals surface area (Å²) in [4.78, 5) is 18.0. The van der Waals surface area contributed by atoms with E-state index in [0.717, 1.165) is 18.9 Å². The Kier molecular flexibility index (Phi) is 4.07. The van der Waals surface area contributed by atoms with Gasteiger partial charge in [-0.15, -0.1) is 0 Å². The van der Waals surface area contributed by atoms with Crippen LogP contribution in [0, 0.1) is 11.6 Å². The number of hydrogen-bond donors (Lipinski definition) is 0. The zero-order valence-electron chi connectivity index (χ0n) is 11.6. The number of hydrogen-bond acceptors (Lipinski definition) is 2. The van der Waals surface area contributed by atoms with E-state index >= 15 is 0 Å². The molecule has 0 spiro atoms. The van der Waals surface area contributed by atoms with Gasteiger partial charge in [0.15, 0.2) is 0 Å². The minimum Gasteiger partial charge on any atom is -0.331 e. The van der Waals surface area contributed by atoms with Crippen molar-refractivity contribution in [3.05, 3.63) is 64.4 Å². The minimum absolute atomic E-state index is 0.0869. The molecule has 0 bridgehead atoms. The fraction of sp³-hybridized carbons (Fsp3) is 0.250. The highest BCUT2D eigenvalue weighted by Crippen LogP contribution is 2.30. The molecule has 1 aromatic heterocycles. The van der Waals surface area contributed by atoms with Crippen LogP contribution in [0.25, 0.3) is 0 Å². The fourth-order valence-corrected chi connectivity index (χ4v) is 2.46. The number of halogens is 3. The Bertz CT molecular complexity index is 719. The third-order valence-corrected chi connectivity index (χ3v) is 3.78. The van der Waals surface area contributed by atoms with Gasteiger partial charge in [-0.25, -0.2) is 13.8 Å². The Balaban J connectivity index is 1.85. The van der Waals surface area contributed by atoms with Crippen molar-refractivity contribution < 1.29 is 13.6 Å². The molecule has 1 amide bonds. The lowest BCUT2D eigenvalue weighted by Gasteiger charge is -2.23. The molecule has 1 saturated carbocycles. The second kappa shape index (κ2) is 6.01. The molecule has 114 valence electrons. The van der Waals surface area contributed by atoms with Gasteiger partial charge in [0.1, 0.15) is 16.8 Å². The van der Waals surface area contributed by atoms with Crippen LogP contribution in [-0.2, 0) is 6.54 Å². The number of amides is 1. The van der Waals surface area contributed by atoms with E-state index < -0.39 is 11.6 Å². The van der Waals surface area contributed by atoms with Crippen LogP contribution in [-0.4, -0.2) is 21.8 Å². The van der Waals surface area contributed by atoms with Gasteiger partial charge < -0.3 is 4.90 Å². The Morgan fingerprint density at radius 3 is 2.68 bits per heavy atom. The highest BCUT2D eigenvalue weighted by molar-refractivity contribution is 6.29. The molecule has 2 aromatic rings. The quantitative estimate of drug-likeness (QED) is 0.802. The van der Waals surface area contributed by atoms with Crippen molar-refractivity contribution in [3.63, 3.8) is 0 Å². The molecule has 0 radical (unpaired) electrons. The lowest BCUT2D eigenvalue weighted by atomic mass is 10.1. The Morgan fingerprint density at radius 2 is 2.05 bits per heavy atom. The molecule has 3 nitrogen and oxygen atoms in total.